The quantitative estimate of drug-likeness (QED) is 0.755. The van der Waals surface area contributed by atoms with E-state index < -0.39 is 6.04 Å². The molecule has 19 heavy (non-hydrogen) atoms. The first kappa shape index (κ1) is 16.0. The van der Waals surface area contributed by atoms with Gasteiger partial charge in [0, 0.05) is 18.7 Å². The topological polar surface area (TPSA) is 64.3 Å². The standard InChI is InChI=1S/C14H21ClN2O2/c1-10(11-5-7-12(15)8-6-11)17-14(18)13(16)4-3-9-19-2/h5-8,10,13H,3-4,9,16H2,1-2H3,(H,17,18)/t10-,13?/m0/s1. The summed E-state index contributed by atoms with van der Waals surface area (Å²) in [4.78, 5) is 11.9. The molecule has 1 unspecified atom stereocenters. The van der Waals surface area contributed by atoms with Crippen LogP contribution in [0.25, 0.3) is 0 Å². The molecule has 2 atom stereocenters. The predicted molar refractivity (Wildman–Crippen MR) is 77.1 cm³/mol. The largest absolute Gasteiger partial charge is 0.385 e. The summed E-state index contributed by atoms with van der Waals surface area (Å²) in [6.07, 6.45) is 1.40. The minimum Gasteiger partial charge on any atom is -0.385 e. The minimum atomic E-state index is -0.495. The van der Waals surface area contributed by atoms with Crippen LogP contribution in [0.4, 0.5) is 0 Å². The van der Waals surface area contributed by atoms with Gasteiger partial charge in [0.25, 0.3) is 0 Å². The Morgan fingerprint density at radius 3 is 2.63 bits per heavy atom. The molecule has 0 aliphatic heterocycles. The first-order valence-electron chi connectivity index (χ1n) is 6.35. The lowest BCUT2D eigenvalue weighted by molar-refractivity contribution is -0.123. The van der Waals surface area contributed by atoms with Gasteiger partial charge in [-0.2, -0.15) is 0 Å². The molecular formula is C14H21ClN2O2. The van der Waals surface area contributed by atoms with Gasteiger partial charge in [0.15, 0.2) is 0 Å². The zero-order valence-electron chi connectivity index (χ0n) is 11.4. The maximum Gasteiger partial charge on any atom is 0.237 e. The van der Waals surface area contributed by atoms with Gasteiger partial charge in [-0.3, -0.25) is 4.79 Å². The smallest absolute Gasteiger partial charge is 0.237 e. The number of carbonyl (C=O) groups excluding carboxylic acids is 1. The Balaban J connectivity index is 2.44. The number of hydrogen-bond acceptors (Lipinski definition) is 3. The first-order valence-corrected chi connectivity index (χ1v) is 6.72. The van der Waals surface area contributed by atoms with Crippen molar-refractivity contribution in [2.45, 2.75) is 31.8 Å². The Bertz CT molecular complexity index is 395. The van der Waals surface area contributed by atoms with Crippen molar-refractivity contribution in [2.75, 3.05) is 13.7 Å². The van der Waals surface area contributed by atoms with Crippen LogP contribution >= 0.6 is 11.6 Å². The van der Waals surface area contributed by atoms with Gasteiger partial charge in [-0.15, -0.1) is 0 Å². The molecule has 1 amide bonds. The van der Waals surface area contributed by atoms with Crippen LogP contribution in [0, 0.1) is 0 Å². The maximum absolute atomic E-state index is 11.9. The molecule has 1 aromatic rings. The number of carbonyl (C=O) groups is 1. The summed E-state index contributed by atoms with van der Waals surface area (Å²) in [6.45, 7) is 2.54. The molecule has 1 aromatic carbocycles. The Labute approximate surface area is 119 Å². The summed E-state index contributed by atoms with van der Waals surface area (Å²) in [7, 11) is 1.63. The fraction of sp³-hybridized carbons (Fsp3) is 0.500. The highest BCUT2D eigenvalue weighted by atomic mass is 35.5. The lowest BCUT2D eigenvalue weighted by atomic mass is 10.1. The zero-order chi connectivity index (χ0) is 14.3. The van der Waals surface area contributed by atoms with Gasteiger partial charge >= 0.3 is 0 Å². The summed E-state index contributed by atoms with van der Waals surface area (Å²) in [5.41, 5.74) is 6.82. The molecule has 0 saturated heterocycles. The molecule has 1 rings (SSSR count). The Kier molecular flexibility index (Phi) is 6.84. The van der Waals surface area contributed by atoms with Crippen molar-refractivity contribution in [3.8, 4) is 0 Å². The lowest BCUT2D eigenvalue weighted by Gasteiger charge is -2.18. The maximum atomic E-state index is 11.9. The van der Waals surface area contributed by atoms with E-state index in [0.29, 0.717) is 18.1 Å². The van der Waals surface area contributed by atoms with E-state index in [4.69, 9.17) is 22.1 Å². The lowest BCUT2D eigenvalue weighted by Crippen LogP contribution is -2.41. The third-order valence-electron chi connectivity index (χ3n) is 2.93. The van der Waals surface area contributed by atoms with E-state index in [9.17, 15) is 4.79 Å². The van der Waals surface area contributed by atoms with Crippen LogP contribution < -0.4 is 11.1 Å². The average Bonchev–Trinajstić information content (AvgIpc) is 2.39. The summed E-state index contributed by atoms with van der Waals surface area (Å²) in [6, 6.07) is 6.81. The highest BCUT2D eigenvalue weighted by Crippen LogP contribution is 2.16. The van der Waals surface area contributed by atoms with Crippen molar-refractivity contribution in [1.82, 2.24) is 5.32 Å². The second kappa shape index (κ2) is 8.15. The number of halogens is 1. The van der Waals surface area contributed by atoms with Crippen LogP contribution in [0.5, 0.6) is 0 Å². The second-order valence-corrected chi connectivity index (χ2v) is 4.96. The molecule has 0 aliphatic rings. The van der Waals surface area contributed by atoms with Crippen LogP contribution in [0.3, 0.4) is 0 Å². The molecule has 0 radical (unpaired) electrons. The second-order valence-electron chi connectivity index (χ2n) is 4.52. The zero-order valence-corrected chi connectivity index (χ0v) is 12.1. The van der Waals surface area contributed by atoms with Crippen LogP contribution in [0.2, 0.25) is 5.02 Å². The van der Waals surface area contributed by atoms with E-state index in [1.54, 1.807) is 19.2 Å². The number of amides is 1. The van der Waals surface area contributed by atoms with Crippen molar-refractivity contribution in [3.05, 3.63) is 34.9 Å². The van der Waals surface area contributed by atoms with Crippen molar-refractivity contribution in [2.24, 2.45) is 5.73 Å². The average molecular weight is 285 g/mol. The SMILES string of the molecule is COCCCC(N)C(=O)N[C@@H](C)c1ccc(Cl)cc1. The molecule has 106 valence electrons. The number of ether oxygens (including phenoxy) is 1. The number of hydrogen-bond donors (Lipinski definition) is 2. The molecule has 0 fully saturated rings. The van der Waals surface area contributed by atoms with Crippen molar-refractivity contribution >= 4 is 17.5 Å². The monoisotopic (exact) mass is 284 g/mol. The summed E-state index contributed by atoms with van der Waals surface area (Å²) in [5, 5.41) is 3.57. The van der Waals surface area contributed by atoms with E-state index in [2.05, 4.69) is 5.32 Å². The molecule has 0 heterocycles. The van der Waals surface area contributed by atoms with Crippen LogP contribution in [-0.2, 0) is 9.53 Å². The van der Waals surface area contributed by atoms with Crippen LogP contribution in [0.15, 0.2) is 24.3 Å². The summed E-state index contributed by atoms with van der Waals surface area (Å²) in [5.74, 6) is -0.140. The van der Waals surface area contributed by atoms with Gasteiger partial charge in [-0.1, -0.05) is 23.7 Å². The van der Waals surface area contributed by atoms with Crippen LogP contribution in [0.1, 0.15) is 31.4 Å². The highest BCUT2D eigenvalue weighted by molar-refractivity contribution is 6.30. The molecule has 0 aromatic heterocycles. The van der Waals surface area contributed by atoms with Crippen LogP contribution in [-0.4, -0.2) is 25.7 Å². The number of methoxy groups -OCH3 is 1. The predicted octanol–water partition coefficient (Wildman–Crippen LogP) is 2.27. The minimum absolute atomic E-state index is 0.0850. The number of benzene rings is 1. The number of rotatable bonds is 7. The Morgan fingerprint density at radius 2 is 2.05 bits per heavy atom. The molecule has 0 spiro atoms. The highest BCUT2D eigenvalue weighted by Gasteiger charge is 2.16. The normalized spacial score (nSPS) is 13.9. The molecule has 0 saturated carbocycles. The molecule has 0 bridgehead atoms. The van der Waals surface area contributed by atoms with E-state index >= 15 is 0 Å². The fourth-order valence-corrected chi connectivity index (χ4v) is 1.86. The third-order valence-corrected chi connectivity index (χ3v) is 3.18. The van der Waals surface area contributed by atoms with Gasteiger partial charge in [0.05, 0.1) is 12.1 Å². The van der Waals surface area contributed by atoms with Crippen molar-refractivity contribution in [1.29, 1.82) is 0 Å². The molecule has 3 N–H and O–H groups in total. The van der Waals surface area contributed by atoms with E-state index in [0.717, 1.165) is 12.0 Å². The summed E-state index contributed by atoms with van der Waals surface area (Å²) >= 11 is 5.82. The fourth-order valence-electron chi connectivity index (χ4n) is 1.73. The molecule has 4 nitrogen and oxygen atoms in total. The van der Waals surface area contributed by atoms with Gasteiger partial charge < -0.3 is 15.8 Å². The van der Waals surface area contributed by atoms with E-state index in [1.165, 1.54) is 0 Å². The number of nitrogens with one attached hydrogen (secondary N) is 1. The first-order chi connectivity index (χ1) is 9.04. The van der Waals surface area contributed by atoms with Crippen molar-refractivity contribution in [3.63, 3.8) is 0 Å². The Morgan fingerprint density at radius 1 is 1.42 bits per heavy atom. The van der Waals surface area contributed by atoms with E-state index in [1.807, 2.05) is 19.1 Å². The van der Waals surface area contributed by atoms with E-state index in [-0.39, 0.29) is 11.9 Å². The number of nitrogens with two attached hydrogens (primary N) is 1. The van der Waals surface area contributed by atoms with Gasteiger partial charge in [-0.05, 0) is 37.5 Å². The molecular weight excluding hydrogens is 264 g/mol. The van der Waals surface area contributed by atoms with Gasteiger partial charge in [0.1, 0.15) is 0 Å². The summed E-state index contributed by atoms with van der Waals surface area (Å²) < 4.78 is 4.93. The third kappa shape index (κ3) is 5.59. The molecule has 5 heteroatoms. The molecule has 0 aliphatic carbocycles. The van der Waals surface area contributed by atoms with Crippen molar-refractivity contribution < 1.29 is 9.53 Å². The van der Waals surface area contributed by atoms with Gasteiger partial charge in [-0.25, -0.2) is 0 Å². The van der Waals surface area contributed by atoms with Gasteiger partial charge in [0.2, 0.25) is 5.91 Å². The Hall–Kier alpha value is -1.10.